The average molecular weight is 634 g/mol. The first-order valence-electron chi connectivity index (χ1n) is 14.8. The number of amides is 1. The molecule has 6 rings (SSSR count). The second kappa shape index (κ2) is 13.2. The van der Waals surface area contributed by atoms with Gasteiger partial charge in [0, 0.05) is 44.3 Å². The van der Waals surface area contributed by atoms with Crippen molar-refractivity contribution in [2.45, 2.75) is 19.8 Å². The van der Waals surface area contributed by atoms with Crippen molar-refractivity contribution in [1.82, 2.24) is 39.6 Å². The second-order valence-corrected chi connectivity index (χ2v) is 12.5. The number of hydrogen-bond acceptors (Lipinski definition) is 10. The summed E-state index contributed by atoms with van der Waals surface area (Å²) in [6.07, 6.45) is 8.08. The van der Waals surface area contributed by atoms with Crippen LogP contribution in [0.5, 0.6) is 5.75 Å². The molecule has 0 unspecified atom stereocenters. The first kappa shape index (κ1) is 30.4. The molecule has 1 aliphatic rings. The largest absolute Gasteiger partial charge is 0.494 e. The lowest BCUT2D eigenvalue weighted by atomic mass is 10.1. The highest BCUT2D eigenvalue weighted by Gasteiger charge is 2.23. The number of fused-ring (bicyclic) bond motifs is 2. The summed E-state index contributed by atoms with van der Waals surface area (Å²) < 4.78 is 41.8. The molecule has 5 aromatic rings. The molecule has 1 amide bonds. The Hall–Kier alpha value is -4.60. The average Bonchev–Trinajstić information content (AvgIpc) is 3.65. The third-order valence-corrected chi connectivity index (χ3v) is 9.02. The van der Waals surface area contributed by atoms with Crippen LogP contribution in [0.25, 0.3) is 33.5 Å². The van der Waals surface area contributed by atoms with Gasteiger partial charge in [0.15, 0.2) is 11.3 Å². The van der Waals surface area contributed by atoms with Crippen molar-refractivity contribution >= 4 is 38.2 Å². The number of morpholine rings is 1. The van der Waals surface area contributed by atoms with E-state index in [1.54, 1.807) is 65.2 Å². The topological polar surface area (TPSA) is 158 Å². The predicted molar refractivity (Wildman–Crippen MR) is 169 cm³/mol. The van der Waals surface area contributed by atoms with Gasteiger partial charge in [-0.3, -0.25) is 19.4 Å². The van der Waals surface area contributed by atoms with E-state index >= 15 is 0 Å². The van der Waals surface area contributed by atoms with Crippen LogP contribution >= 0.6 is 0 Å². The molecule has 0 saturated carbocycles. The van der Waals surface area contributed by atoms with Gasteiger partial charge in [0.1, 0.15) is 11.4 Å². The summed E-state index contributed by atoms with van der Waals surface area (Å²) in [5, 5.41) is 12.7. The number of nitrogens with one attached hydrogen (secondary N) is 2. The third-order valence-electron chi connectivity index (χ3n) is 7.53. The number of aromatic nitrogens is 6. The highest BCUT2D eigenvalue weighted by Crippen LogP contribution is 2.33. The molecule has 45 heavy (non-hydrogen) atoms. The highest BCUT2D eigenvalue weighted by atomic mass is 32.2. The lowest BCUT2D eigenvalue weighted by Crippen LogP contribution is -2.38. The molecule has 0 aliphatic carbocycles. The third kappa shape index (κ3) is 6.60. The van der Waals surface area contributed by atoms with Crippen LogP contribution in [-0.4, -0.2) is 101 Å². The van der Waals surface area contributed by atoms with Crippen molar-refractivity contribution in [3.8, 4) is 22.7 Å². The molecule has 0 spiro atoms. The van der Waals surface area contributed by atoms with Crippen molar-refractivity contribution in [3.05, 3.63) is 60.8 Å². The number of anilines is 1. The molecule has 1 saturated heterocycles. The first-order chi connectivity index (χ1) is 21.9. The van der Waals surface area contributed by atoms with E-state index in [2.05, 4.69) is 30.0 Å². The van der Waals surface area contributed by atoms with Crippen LogP contribution in [0, 0.1) is 0 Å². The fraction of sp³-hybridized carbons (Fsp3) is 0.367. The van der Waals surface area contributed by atoms with Crippen molar-refractivity contribution in [1.29, 1.82) is 0 Å². The zero-order valence-corrected chi connectivity index (χ0v) is 26.0. The lowest BCUT2D eigenvalue weighted by molar-refractivity contribution is 0.0374. The molecule has 1 fully saturated rings. The molecular formula is C30H35N9O5S. The number of carbonyl (C=O) groups is 1. The number of hydrogen-bond donors (Lipinski definition) is 2. The Morgan fingerprint density at radius 1 is 1.13 bits per heavy atom. The lowest BCUT2D eigenvalue weighted by Gasteiger charge is -2.26. The van der Waals surface area contributed by atoms with Crippen LogP contribution in [0.1, 0.15) is 30.3 Å². The van der Waals surface area contributed by atoms with Crippen molar-refractivity contribution < 1.29 is 22.7 Å². The number of benzene rings is 1. The van der Waals surface area contributed by atoms with Crippen LogP contribution in [0.4, 0.5) is 5.69 Å². The number of pyridine rings is 1. The SMILES string of the molecule is CCCS(=O)(=O)Nc1ccc(-n2nc(C(=O)NCCCN3CCOCC3)c3cnc(-c4cnn5cccnc45)cc32)c(OC)c1. The van der Waals surface area contributed by atoms with Gasteiger partial charge in [-0.05, 0) is 43.7 Å². The molecular weight excluding hydrogens is 598 g/mol. The number of methoxy groups -OCH3 is 1. The number of ether oxygens (including phenoxy) is 2. The molecule has 4 aromatic heterocycles. The summed E-state index contributed by atoms with van der Waals surface area (Å²) >= 11 is 0. The van der Waals surface area contributed by atoms with Crippen LogP contribution in [0.2, 0.25) is 0 Å². The minimum absolute atomic E-state index is 0.0000357. The molecule has 15 heteroatoms. The van der Waals surface area contributed by atoms with Crippen molar-refractivity contribution in [2.24, 2.45) is 0 Å². The van der Waals surface area contributed by atoms with Crippen LogP contribution in [0.3, 0.4) is 0 Å². The van der Waals surface area contributed by atoms with E-state index in [1.165, 1.54) is 7.11 Å². The van der Waals surface area contributed by atoms with Gasteiger partial charge in [0.05, 0.1) is 60.1 Å². The molecule has 236 valence electrons. The summed E-state index contributed by atoms with van der Waals surface area (Å²) in [7, 11) is -2.01. The molecule has 0 radical (unpaired) electrons. The van der Waals surface area contributed by atoms with E-state index in [1.807, 2.05) is 6.07 Å². The second-order valence-electron chi connectivity index (χ2n) is 10.7. The molecule has 14 nitrogen and oxygen atoms in total. The fourth-order valence-corrected chi connectivity index (χ4v) is 6.47. The van der Waals surface area contributed by atoms with E-state index in [-0.39, 0.29) is 17.4 Å². The summed E-state index contributed by atoms with van der Waals surface area (Å²) in [5.41, 5.74) is 3.63. The standard InChI is InChI=1S/C30H35N9O5S/c1-3-16-45(41,42)36-21-6-7-25(27(17-21)43-2)39-26-18-24(22-20-34-38-11-5-8-31-29(22)38)33-19-23(26)28(35-39)30(40)32-9-4-10-37-12-14-44-15-13-37/h5-8,11,17-20,36H,3-4,9-10,12-16H2,1-2H3,(H,32,40). The number of rotatable bonds is 12. The summed E-state index contributed by atoms with van der Waals surface area (Å²) in [6.45, 7) is 6.38. The molecule has 0 atom stereocenters. The number of carbonyl (C=O) groups excluding carboxylic acids is 1. The summed E-state index contributed by atoms with van der Waals surface area (Å²) in [4.78, 5) is 24.9. The quantitative estimate of drug-likeness (QED) is 0.196. The Morgan fingerprint density at radius 3 is 2.78 bits per heavy atom. The zero-order valence-electron chi connectivity index (χ0n) is 25.1. The highest BCUT2D eigenvalue weighted by molar-refractivity contribution is 7.92. The molecule has 0 bridgehead atoms. The maximum atomic E-state index is 13.5. The van der Waals surface area contributed by atoms with Gasteiger partial charge in [0.2, 0.25) is 10.0 Å². The van der Waals surface area contributed by atoms with Gasteiger partial charge in [-0.1, -0.05) is 6.92 Å². The van der Waals surface area contributed by atoms with E-state index in [0.29, 0.717) is 57.9 Å². The van der Waals surface area contributed by atoms with Gasteiger partial charge in [-0.15, -0.1) is 0 Å². The molecule has 1 aliphatic heterocycles. The number of sulfonamides is 1. The Morgan fingerprint density at radius 2 is 1.98 bits per heavy atom. The van der Waals surface area contributed by atoms with E-state index in [0.717, 1.165) is 39.3 Å². The van der Waals surface area contributed by atoms with Gasteiger partial charge in [0.25, 0.3) is 5.91 Å². The summed E-state index contributed by atoms with van der Waals surface area (Å²) in [5.74, 6) is 0.0420. The first-order valence-corrected chi connectivity index (χ1v) is 16.5. The normalized spacial score (nSPS) is 14.2. The van der Waals surface area contributed by atoms with Gasteiger partial charge in [-0.25, -0.2) is 22.6 Å². The predicted octanol–water partition coefficient (Wildman–Crippen LogP) is 2.74. The van der Waals surface area contributed by atoms with Gasteiger partial charge >= 0.3 is 0 Å². The Bertz CT molecular complexity index is 1930. The van der Waals surface area contributed by atoms with E-state index in [4.69, 9.17) is 14.6 Å². The minimum Gasteiger partial charge on any atom is -0.494 e. The number of nitrogens with zero attached hydrogens (tertiary/aromatic N) is 7. The monoisotopic (exact) mass is 633 g/mol. The van der Waals surface area contributed by atoms with Crippen molar-refractivity contribution in [3.63, 3.8) is 0 Å². The Balaban J connectivity index is 1.36. The summed E-state index contributed by atoms with van der Waals surface area (Å²) in [6, 6.07) is 8.57. The smallest absolute Gasteiger partial charge is 0.272 e. The van der Waals surface area contributed by atoms with E-state index in [9.17, 15) is 13.2 Å². The minimum atomic E-state index is -3.51. The van der Waals surface area contributed by atoms with Crippen LogP contribution in [-0.2, 0) is 14.8 Å². The van der Waals surface area contributed by atoms with Gasteiger partial charge in [-0.2, -0.15) is 10.2 Å². The fourth-order valence-electron chi connectivity index (χ4n) is 5.35. The maximum absolute atomic E-state index is 13.5. The van der Waals surface area contributed by atoms with Gasteiger partial charge < -0.3 is 14.8 Å². The maximum Gasteiger partial charge on any atom is 0.272 e. The van der Waals surface area contributed by atoms with Crippen LogP contribution in [0.15, 0.2) is 55.1 Å². The van der Waals surface area contributed by atoms with E-state index < -0.39 is 10.0 Å². The molecule has 1 aromatic carbocycles. The molecule has 5 heterocycles. The zero-order chi connectivity index (χ0) is 31.4. The molecule has 2 N–H and O–H groups in total. The van der Waals surface area contributed by atoms with Crippen LogP contribution < -0.4 is 14.8 Å². The Kier molecular flexibility index (Phi) is 8.91. The Labute approximate surface area is 260 Å². The van der Waals surface area contributed by atoms with Crippen molar-refractivity contribution in [2.75, 3.05) is 57.0 Å².